The summed E-state index contributed by atoms with van der Waals surface area (Å²) in [6.45, 7) is 6.38. The molecular weight excluding hydrogens is 238 g/mol. The highest BCUT2D eigenvalue weighted by Gasteiger charge is 2.28. The van der Waals surface area contributed by atoms with Gasteiger partial charge in [0.1, 0.15) is 0 Å². The molecule has 3 heteroatoms. The normalized spacial score (nSPS) is 16.3. The van der Waals surface area contributed by atoms with Gasteiger partial charge in [-0.2, -0.15) is 0 Å². The van der Waals surface area contributed by atoms with Crippen LogP contribution in [0.3, 0.4) is 0 Å². The maximum atomic E-state index is 10.4. The lowest BCUT2D eigenvalue weighted by atomic mass is 9.82. The largest absolute Gasteiger partial charge is 0.390 e. The number of aromatic nitrogens is 1. The number of nitrogens with zero attached hydrogens (tertiary/aromatic N) is 1. The SMILES string of the molecule is CCCCC(C(C)C)C(O)C(O)Cc1ccncc1. The molecule has 3 atom stereocenters. The summed E-state index contributed by atoms with van der Waals surface area (Å²) in [4.78, 5) is 3.96. The molecule has 0 saturated carbocycles. The zero-order valence-electron chi connectivity index (χ0n) is 12.3. The van der Waals surface area contributed by atoms with Gasteiger partial charge < -0.3 is 10.2 Å². The van der Waals surface area contributed by atoms with Gasteiger partial charge in [-0.05, 0) is 36.0 Å². The Morgan fingerprint density at radius 3 is 2.32 bits per heavy atom. The van der Waals surface area contributed by atoms with Gasteiger partial charge in [0, 0.05) is 18.8 Å². The number of aliphatic hydroxyl groups is 2. The molecule has 0 amide bonds. The van der Waals surface area contributed by atoms with Crippen LogP contribution in [0.1, 0.15) is 45.6 Å². The number of rotatable bonds is 8. The number of hydrogen-bond donors (Lipinski definition) is 2. The molecule has 0 aliphatic carbocycles. The first-order valence-electron chi connectivity index (χ1n) is 7.31. The van der Waals surface area contributed by atoms with E-state index in [0.29, 0.717) is 12.3 Å². The smallest absolute Gasteiger partial charge is 0.0842 e. The zero-order valence-corrected chi connectivity index (χ0v) is 12.3. The van der Waals surface area contributed by atoms with Gasteiger partial charge in [0.05, 0.1) is 12.2 Å². The first-order chi connectivity index (χ1) is 9.06. The van der Waals surface area contributed by atoms with Crippen molar-refractivity contribution < 1.29 is 10.2 Å². The fraction of sp³-hybridized carbons (Fsp3) is 0.688. The van der Waals surface area contributed by atoms with Crippen LogP contribution in [0.15, 0.2) is 24.5 Å². The molecule has 2 N–H and O–H groups in total. The molecule has 0 saturated heterocycles. The number of aliphatic hydroxyl groups excluding tert-OH is 2. The molecule has 1 aromatic heterocycles. The average molecular weight is 265 g/mol. The Balaban J connectivity index is 2.60. The Morgan fingerprint density at radius 1 is 1.16 bits per heavy atom. The van der Waals surface area contributed by atoms with Crippen molar-refractivity contribution in [2.45, 2.75) is 58.7 Å². The topological polar surface area (TPSA) is 53.4 Å². The second kappa shape index (κ2) is 8.28. The van der Waals surface area contributed by atoms with Crippen LogP contribution in [0.25, 0.3) is 0 Å². The summed E-state index contributed by atoms with van der Waals surface area (Å²) in [6, 6.07) is 3.76. The fourth-order valence-corrected chi connectivity index (χ4v) is 2.50. The second-order valence-electron chi connectivity index (χ2n) is 5.67. The van der Waals surface area contributed by atoms with Crippen molar-refractivity contribution in [1.29, 1.82) is 0 Å². The van der Waals surface area contributed by atoms with Crippen molar-refractivity contribution in [3.8, 4) is 0 Å². The van der Waals surface area contributed by atoms with Crippen molar-refractivity contribution in [2.24, 2.45) is 11.8 Å². The summed E-state index contributed by atoms with van der Waals surface area (Å²) in [6.07, 6.45) is 5.75. The Bertz CT molecular complexity index is 340. The third kappa shape index (κ3) is 5.29. The first-order valence-corrected chi connectivity index (χ1v) is 7.31. The minimum atomic E-state index is -0.702. The molecule has 3 nitrogen and oxygen atoms in total. The van der Waals surface area contributed by atoms with Crippen molar-refractivity contribution >= 4 is 0 Å². The Kier molecular flexibility index (Phi) is 7.03. The van der Waals surface area contributed by atoms with Gasteiger partial charge in [0.25, 0.3) is 0 Å². The van der Waals surface area contributed by atoms with Gasteiger partial charge >= 0.3 is 0 Å². The predicted octanol–water partition coefficient (Wildman–Crippen LogP) is 2.81. The van der Waals surface area contributed by atoms with Crippen molar-refractivity contribution in [2.75, 3.05) is 0 Å². The van der Waals surface area contributed by atoms with E-state index in [1.54, 1.807) is 12.4 Å². The molecule has 0 radical (unpaired) electrons. The monoisotopic (exact) mass is 265 g/mol. The van der Waals surface area contributed by atoms with Crippen LogP contribution >= 0.6 is 0 Å². The number of hydrogen-bond acceptors (Lipinski definition) is 3. The van der Waals surface area contributed by atoms with E-state index in [9.17, 15) is 10.2 Å². The van der Waals surface area contributed by atoms with Crippen LogP contribution in [0, 0.1) is 11.8 Å². The van der Waals surface area contributed by atoms with E-state index in [0.717, 1.165) is 24.8 Å². The molecule has 0 bridgehead atoms. The maximum absolute atomic E-state index is 10.4. The van der Waals surface area contributed by atoms with Gasteiger partial charge in [-0.15, -0.1) is 0 Å². The van der Waals surface area contributed by atoms with Gasteiger partial charge in [-0.3, -0.25) is 4.98 Å². The molecule has 0 spiro atoms. The second-order valence-corrected chi connectivity index (χ2v) is 5.67. The van der Waals surface area contributed by atoms with E-state index in [4.69, 9.17) is 0 Å². The number of unbranched alkanes of at least 4 members (excludes halogenated alkanes) is 1. The van der Waals surface area contributed by atoms with Gasteiger partial charge in [0.15, 0.2) is 0 Å². The highest BCUT2D eigenvalue weighted by molar-refractivity contribution is 5.11. The first kappa shape index (κ1) is 16.1. The van der Waals surface area contributed by atoms with Gasteiger partial charge in [-0.25, -0.2) is 0 Å². The Hall–Kier alpha value is -0.930. The van der Waals surface area contributed by atoms with Gasteiger partial charge in [-0.1, -0.05) is 33.6 Å². The Morgan fingerprint density at radius 2 is 1.79 bits per heavy atom. The van der Waals surface area contributed by atoms with Crippen LogP contribution in [-0.2, 0) is 6.42 Å². The molecule has 1 heterocycles. The molecule has 0 fully saturated rings. The van der Waals surface area contributed by atoms with E-state index in [2.05, 4.69) is 25.8 Å². The van der Waals surface area contributed by atoms with E-state index in [1.807, 2.05) is 12.1 Å². The minimum absolute atomic E-state index is 0.164. The quantitative estimate of drug-likeness (QED) is 0.760. The maximum Gasteiger partial charge on any atom is 0.0842 e. The molecule has 1 aromatic rings. The van der Waals surface area contributed by atoms with E-state index in [1.165, 1.54) is 0 Å². The fourth-order valence-electron chi connectivity index (χ4n) is 2.50. The summed E-state index contributed by atoms with van der Waals surface area (Å²) in [5, 5.41) is 20.6. The van der Waals surface area contributed by atoms with Crippen molar-refractivity contribution in [3.63, 3.8) is 0 Å². The van der Waals surface area contributed by atoms with Crippen LogP contribution < -0.4 is 0 Å². The van der Waals surface area contributed by atoms with Gasteiger partial charge in [0.2, 0.25) is 0 Å². The lowest BCUT2D eigenvalue weighted by molar-refractivity contribution is -0.0325. The van der Waals surface area contributed by atoms with Crippen LogP contribution in [0.2, 0.25) is 0 Å². The molecule has 19 heavy (non-hydrogen) atoms. The lowest BCUT2D eigenvalue weighted by Gasteiger charge is -2.30. The zero-order chi connectivity index (χ0) is 14.3. The summed E-state index contributed by atoms with van der Waals surface area (Å²) in [5.74, 6) is 0.547. The Labute approximate surface area is 116 Å². The van der Waals surface area contributed by atoms with Crippen LogP contribution in [0.4, 0.5) is 0 Å². The third-order valence-electron chi connectivity index (χ3n) is 3.77. The standard InChI is InChI=1S/C16H27NO2/c1-4-5-6-14(12(2)3)16(19)15(18)11-13-7-9-17-10-8-13/h7-10,12,14-16,18-19H,4-6,11H2,1-3H3. The van der Waals surface area contributed by atoms with E-state index >= 15 is 0 Å². The van der Waals surface area contributed by atoms with E-state index < -0.39 is 12.2 Å². The molecular formula is C16H27NO2. The third-order valence-corrected chi connectivity index (χ3v) is 3.77. The summed E-state index contributed by atoms with van der Waals surface area (Å²) >= 11 is 0. The van der Waals surface area contributed by atoms with Crippen molar-refractivity contribution in [1.82, 2.24) is 4.98 Å². The molecule has 0 aromatic carbocycles. The summed E-state index contributed by atoms with van der Waals surface area (Å²) in [5.41, 5.74) is 1.01. The lowest BCUT2D eigenvalue weighted by Crippen LogP contribution is -2.37. The van der Waals surface area contributed by atoms with Crippen molar-refractivity contribution in [3.05, 3.63) is 30.1 Å². The number of pyridine rings is 1. The highest BCUT2D eigenvalue weighted by Crippen LogP contribution is 2.25. The summed E-state index contributed by atoms with van der Waals surface area (Å²) < 4.78 is 0. The molecule has 0 aliphatic heterocycles. The summed E-state index contributed by atoms with van der Waals surface area (Å²) in [7, 11) is 0. The van der Waals surface area contributed by atoms with E-state index in [-0.39, 0.29) is 5.92 Å². The molecule has 108 valence electrons. The molecule has 1 rings (SSSR count). The molecule has 0 aliphatic rings. The highest BCUT2D eigenvalue weighted by atomic mass is 16.3. The predicted molar refractivity (Wildman–Crippen MR) is 77.8 cm³/mol. The average Bonchev–Trinajstić information content (AvgIpc) is 2.39. The van der Waals surface area contributed by atoms with Crippen LogP contribution in [0.5, 0.6) is 0 Å². The minimum Gasteiger partial charge on any atom is -0.390 e. The van der Waals surface area contributed by atoms with Crippen LogP contribution in [-0.4, -0.2) is 27.4 Å². The molecule has 3 unspecified atom stereocenters.